The van der Waals surface area contributed by atoms with Crippen molar-refractivity contribution in [2.45, 2.75) is 39.2 Å². The molecule has 1 fully saturated rings. The molecule has 0 atom stereocenters. The van der Waals surface area contributed by atoms with Gasteiger partial charge in [-0.05, 0) is 43.5 Å². The van der Waals surface area contributed by atoms with Crippen LogP contribution in [0.3, 0.4) is 0 Å². The highest BCUT2D eigenvalue weighted by molar-refractivity contribution is 5.93. The minimum absolute atomic E-state index is 0.0764. The molecule has 0 aliphatic heterocycles. The molecule has 4 rings (SSSR count). The highest BCUT2D eigenvalue weighted by Gasteiger charge is 2.22. The van der Waals surface area contributed by atoms with Gasteiger partial charge in [0.05, 0.1) is 0 Å². The predicted molar refractivity (Wildman–Crippen MR) is 104 cm³/mol. The van der Waals surface area contributed by atoms with Gasteiger partial charge in [0, 0.05) is 30.0 Å². The van der Waals surface area contributed by atoms with Gasteiger partial charge in [-0.1, -0.05) is 25.0 Å². The largest absolute Gasteiger partial charge is 0.345 e. The molecule has 0 spiro atoms. The van der Waals surface area contributed by atoms with Crippen molar-refractivity contribution in [3.63, 3.8) is 0 Å². The smallest absolute Gasteiger partial charge is 0.291 e. The molecule has 0 saturated heterocycles. The molecule has 1 aromatic carbocycles. The number of aryl methyl sites for hydroxylation is 1. The molecular weight excluding hydrogens is 356 g/mol. The maximum Gasteiger partial charge on any atom is 0.291 e. The molecule has 8 heteroatoms. The number of fused-ring (bicyclic) bond motifs is 1. The quantitative estimate of drug-likeness (QED) is 0.710. The number of benzene rings is 1. The van der Waals surface area contributed by atoms with Crippen molar-refractivity contribution in [3.05, 3.63) is 53.6 Å². The number of carbonyl (C=O) groups excluding carboxylic acids is 2. The summed E-state index contributed by atoms with van der Waals surface area (Å²) in [6.45, 7) is 2.18. The molecule has 0 unspecified atom stereocenters. The Hall–Kier alpha value is -3.29. The summed E-state index contributed by atoms with van der Waals surface area (Å²) in [6, 6.07) is 9.29. The Labute approximate surface area is 162 Å². The molecule has 3 aromatic rings. The lowest BCUT2D eigenvalue weighted by Gasteiger charge is -2.11. The van der Waals surface area contributed by atoms with Gasteiger partial charge in [-0.25, -0.2) is 9.50 Å². The fraction of sp³-hybridized carbons (Fsp3) is 0.350. The van der Waals surface area contributed by atoms with E-state index in [1.165, 1.54) is 4.52 Å². The van der Waals surface area contributed by atoms with Gasteiger partial charge in [-0.2, -0.15) is 4.98 Å². The van der Waals surface area contributed by atoms with E-state index in [1.807, 2.05) is 31.2 Å². The molecule has 1 aliphatic rings. The molecule has 0 radical (unpaired) electrons. The maximum atomic E-state index is 12.4. The van der Waals surface area contributed by atoms with E-state index in [1.54, 1.807) is 12.3 Å². The highest BCUT2D eigenvalue weighted by atomic mass is 16.2. The minimum Gasteiger partial charge on any atom is -0.345 e. The summed E-state index contributed by atoms with van der Waals surface area (Å²) in [4.78, 5) is 32.9. The van der Waals surface area contributed by atoms with Crippen molar-refractivity contribution >= 4 is 23.3 Å². The van der Waals surface area contributed by atoms with Gasteiger partial charge in [0.2, 0.25) is 11.7 Å². The van der Waals surface area contributed by atoms with Gasteiger partial charge in [0.1, 0.15) is 0 Å². The highest BCUT2D eigenvalue weighted by Crippen LogP contribution is 2.26. The number of nitrogens with one attached hydrogen (secondary N) is 2. The molecule has 2 heterocycles. The average molecular weight is 378 g/mol. The summed E-state index contributed by atoms with van der Waals surface area (Å²) >= 11 is 0. The Balaban J connectivity index is 1.39. The second-order valence-electron chi connectivity index (χ2n) is 7.09. The second kappa shape index (κ2) is 7.75. The summed E-state index contributed by atoms with van der Waals surface area (Å²) in [5, 5.41) is 9.99. The first-order valence-corrected chi connectivity index (χ1v) is 9.46. The summed E-state index contributed by atoms with van der Waals surface area (Å²) < 4.78 is 1.54. The van der Waals surface area contributed by atoms with Gasteiger partial charge < -0.3 is 10.6 Å². The summed E-state index contributed by atoms with van der Waals surface area (Å²) in [7, 11) is 0. The van der Waals surface area contributed by atoms with E-state index in [2.05, 4.69) is 25.7 Å². The van der Waals surface area contributed by atoms with Gasteiger partial charge in [0.25, 0.3) is 11.7 Å². The number of nitrogens with zero attached hydrogens (tertiary/aromatic N) is 4. The van der Waals surface area contributed by atoms with E-state index in [9.17, 15) is 9.59 Å². The Bertz CT molecular complexity index is 1020. The number of anilines is 1. The number of hydrogen-bond acceptors (Lipinski definition) is 5. The van der Waals surface area contributed by atoms with Gasteiger partial charge in [-0.3, -0.25) is 9.59 Å². The molecule has 2 N–H and O–H groups in total. The zero-order chi connectivity index (χ0) is 19.5. The van der Waals surface area contributed by atoms with Crippen LogP contribution in [0.1, 0.15) is 47.6 Å². The zero-order valence-corrected chi connectivity index (χ0v) is 15.7. The van der Waals surface area contributed by atoms with E-state index < -0.39 is 0 Å². The number of carbonyl (C=O) groups is 2. The van der Waals surface area contributed by atoms with Crippen LogP contribution in [0.5, 0.6) is 0 Å². The topological polar surface area (TPSA) is 101 Å². The Morgan fingerprint density at radius 3 is 2.82 bits per heavy atom. The molecule has 1 aliphatic carbocycles. The third-order valence-corrected chi connectivity index (χ3v) is 5.01. The summed E-state index contributed by atoms with van der Waals surface area (Å²) in [5.41, 5.74) is 2.48. The lowest BCUT2D eigenvalue weighted by atomic mass is 10.1. The van der Waals surface area contributed by atoms with E-state index in [0.29, 0.717) is 12.3 Å². The Morgan fingerprint density at radius 1 is 1.21 bits per heavy atom. The number of hydrogen-bond donors (Lipinski definition) is 2. The molecule has 144 valence electrons. The van der Waals surface area contributed by atoms with Gasteiger partial charge in [-0.15, -0.1) is 5.10 Å². The van der Waals surface area contributed by atoms with Crippen molar-refractivity contribution in [1.82, 2.24) is 24.9 Å². The van der Waals surface area contributed by atoms with Crippen LogP contribution in [-0.2, 0) is 11.3 Å². The Kier molecular flexibility index (Phi) is 5.01. The van der Waals surface area contributed by atoms with Crippen molar-refractivity contribution in [1.29, 1.82) is 0 Å². The third-order valence-electron chi connectivity index (χ3n) is 5.01. The van der Waals surface area contributed by atoms with Crippen molar-refractivity contribution in [2.24, 2.45) is 5.92 Å². The minimum atomic E-state index is -0.370. The molecular formula is C20H22N6O2. The third kappa shape index (κ3) is 3.85. The Morgan fingerprint density at radius 2 is 2.04 bits per heavy atom. The van der Waals surface area contributed by atoms with Crippen molar-refractivity contribution in [2.75, 3.05) is 5.32 Å². The van der Waals surface area contributed by atoms with Crippen LogP contribution in [0.15, 0.2) is 36.5 Å². The van der Waals surface area contributed by atoms with Gasteiger partial charge >= 0.3 is 0 Å². The fourth-order valence-corrected chi connectivity index (χ4v) is 3.46. The standard InChI is InChI=1S/C20H22N6O2/c1-13-9-10-21-20-24-17(25-26(13)20)19(28)22-12-14-5-4-8-16(11-14)23-18(27)15-6-2-3-7-15/h4-5,8-11,15H,2-3,6-7,12H2,1H3,(H,22,28)(H,23,27). The monoisotopic (exact) mass is 378 g/mol. The fourth-order valence-electron chi connectivity index (χ4n) is 3.46. The van der Waals surface area contributed by atoms with Crippen LogP contribution in [0, 0.1) is 12.8 Å². The first kappa shape index (κ1) is 18.1. The van der Waals surface area contributed by atoms with Crippen LogP contribution in [-0.4, -0.2) is 31.4 Å². The van der Waals surface area contributed by atoms with Crippen LogP contribution in [0.25, 0.3) is 5.78 Å². The van der Waals surface area contributed by atoms with Crippen molar-refractivity contribution in [3.8, 4) is 0 Å². The first-order chi connectivity index (χ1) is 13.6. The van der Waals surface area contributed by atoms with Crippen LogP contribution in [0.4, 0.5) is 5.69 Å². The molecule has 1 saturated carbocycles. The van der Waals surface area contributed by atoms with Crippen LogP contribution >= 0.6 is 0 Å². The number of aromatic nitrogens is 4. The molecule has 0 bridgehead atoms. The van der Waals surface area contributed by atoms with Gasteiger partial charge in [0.15, 0.2) is 0 Å². The van der Waals surface area contributed by atoms with E-state index in [4.69, 9.17) is 0 Å². The SMILES string of the molecule is Cc1ccnc2nc(C(=O)NCc3cccc(NC(=O)C4CCCC4)c3)nn12. The number of amides is 2. The molecule has 2 aromatic heterocycles. The summed E-state index contributed by atoms with van der Waals surface area (Å²) in [5.74, 6) is 0.288. The molecule has 2 amide bonds. The zero-order valence-electron chi connectivity index (χ0n) is 15.7. The lowest BCUT2D eigenvalue weighted by Crippen LogP contribution is -2.24. The van der Waals surface area contributed by atoms with E-state index in [0.717, 1.165) is 42.6 Å². The molecule has 28 heavy (non-hydrogen) atoms. The predicted octanol–water partition coefficient (Wildman–Crippen LogP) is 2.49. The number of rotatable bonds is 5. The van der Waals surface area contributed by atoms with E-state index in [-0.39, 0.29) is 23.6 Å². The molecule has 8 nitrogen and oxygen atoms in total. The summed E-state index contributed by atoms with van der Waals surface area (Å²) in [6.07, 6.45) is 5.79. The first-order valence-electron chi connectivity index (χ1n) is 9.46. The van der Waals surface area contributed by atoms with Crippen LogP contribution in [0.2, 0.25) is 0 Å². The van der Waals surface area contributed by atoms with E-state index >= 15 is 0 Å². The lowest BCUT2D eigenvalue weighted by molar-refractivity contribution is -0.119. The maximum absolute atomic E-state index is 12.4. The second-order valence-corrected chi connectivity index (χ2v) is 7.09. The van der Waals surface area contributed by atoms with Crippen LogP contribution < -0.4 is 10.6 Å². The normalized spacial score (nSPS) is 14.3. The average Bonchev–Trinajstić information content (AvgIpc) is 3.37. The van der Waals surface area contributed by atoms with Crippen molar-refractivity contribution < 1.29 is 9.59 Å².